The predicted molar refractivity (Wildman–Crippen MR) is 72.4 cm³/mol. The average molecular weight is 324 g/mol. The molecule has 1 aromatic heterocycles. The summed E-state index contributed by atoms with van der Waals surface area (Å²) in [7, 11) is 0. The van der Waals surface area contributed by atoms with Crippen LogP contribution in [0.1, 0.15) is 23.5 Å². The maximum Gasteiger partial charge on any atom is 0.270 e. The average Bonchev–Trinajstić information content (AvgIpc) is 2.74. The van der Waals surface area contributed by atoms with Gasteiger partial charge in [-0.15, -0.1) is 0 Å². The van der Waals surface area contributed by atoms with Crippen LogP contribution in [0.4, 0.5) is 4.39 Å². The zero-order valence-electron chi connectivity index (χ0n) is 10.2. The molecular weight excluding hydrogens is 313 g/mol. The van der Waals surface area contributed by atoms with Crippen molar-refractivity contribution in [2.75, 3.05) is 6.54 Å². The molecule has 2 aromatic rings. The normalized spacial score (nSPS) is 18.1. The molecule has 0 spiro atoms. The standard InChI is InChI=1S/C13H11BrFN3O/c1-7-6-16-13(19)12-10(14)11(17-18(7)12)8-2-4-9(15)5-3-8/h2-5,7H,6H2,1H3,(H,16,19). The first kappa shape index (κ1) is 12.3. The molecule has 0 saturated heterocycles. The molecule has 1 aromatic carbocycles. The number of rotatable bonds is 1. The summed E-state index contributed by atoms with van der Waals surface area (Å²) in [5, 5.41) is 7.28. The summed E-state index contributed by atoms with van der Waals surface area (Å²) < 4.78 is 15.3. The predicted octanol–water partition coefficient (Wildman–Crippen LogP) is 2.76. The monoisotopic (exact) mass is 323 g/mol. The van der Waals surface area contributed by atoms with E-state index in [9.17, 15) is 9.18 Å². The molecule has 3 rings (SSSR count). The van der Waals surface area contributed by atoms with Gasteiger partial charge in [0, 0.05) is 12.1 Å². The van der Waals surface area contributed by atoms with Crippen molar-refractivity contribution in [1.29, 1.82) is 0 Å². The van der Waals surface area contributed by atoms with E-state index >= 15 is 0 Å². The SMILES string of the molecule is CC1CNC(=O)c2c(Br)c(-c3ccc(F)cc3)nn21. The number of hydrogen-bond acceptors (Lipinski definition) is 2. The minimum absolute atomic E-state index is 0.0956. The molecule has 4 nitrogen and oxygen atoms in total. The van der Waals surface area contributed by atoms with Gasteiger partial charge in [0.25, 0.3) is 5.91 Å². The Hall–Kier alpha value is -1.69. The van der Waals surface area contributed by atoms with E-state index in [1.807, 2.05) is 6.92 Å². The molecule has 0 aliphatic carbocycles. The highest BCUT2D eigenvalue weighted by Gasteiger charge is 2.29. The molecular formula is C13H11BrFN3O. The highest BCUT2D eigenvalue weighted by molar-refractivity contribution is 9.10. The van der Waals surface area contributed by atoms with Gasteiger partial charge in [0.2, 0.25) is 0 Å². The second kappa shape index (κ2) is 4.45. The maximum atomic E-state index is 13.0. The van der Waals surface area contributed by atoms with E-state index in [1.54, 1.807) is 16.8 Å². The van der Waals surface area contributed by atoms with E-state index < -0.39 is 0 Å². The highest BCUT2D eigenvalue weighted by Crippen LogP contribution is 2.33. The van der Waals surface area contributed by atoms with E-state index in [-0.39, 0.29) is 17.8 Å². The lowest BCUT2D eigenvalue weighted by molar-refractivity contribution is 0.0911. The Labute approximate surface area is 117 Å². The second-order valence-electron chi connectivity index (χ2n) is 4.52. The molecule has 1 atom stereocenters. The third-order valence-corrected chi connectivity index (χ3v) is 3.91. The Morgan fingerprint density at radius 1 is 1.42 bits per heavy atom. The van der Waals surface area contributed by atoms with Gasteiger partial charge in [-0.25, -0.2) is 4.39 Å². The van der Waals surface area contributed by atoms with Crippen LogP contribution in [0.3, 0.4) is 0 Å². The van der Waals surface area contributed by atoms with Crippen LogP contribution < -0.4 is 5.32 Å². The zero-order chi connectivity index (χ0) is 13.6. The van der Waals surface area contributed by atoms with Crippen LogP contribution in [0.2, 0.25) is 0 Å². The molecule has 1 amide bonds. The first-order chi connectivity index (χ1) is 9.08. The van der Waals surface area contributed by atoms with Crippen molar-refractivity contribution in [3.63, 3.8) is 0 Å². The minimum Gasteiger partial charge on any atom is -0.349 e. The van der Waals surface area contributed by atoms with Gasteiger partial charge in [-0.2, -0.15) is 5.10 Å². The lowest BCUT2D eigenvalue weighted by Crippen LogP contribution is -2.38. The van der Waals surface area contributed by atoms with E-state index in [4.69, 9.17) is 0 Å². The van der Waals surface area contributed by atoms with Gasteiger partial charge >= 0.3 is 0 Å². The summed E-state index contributed by atoms with van der Waals surface area (Å²) >= 11 is 3.42. The van der Waals surface area contributed by atoms with E-state index in [2.05, 4.69) is 26.3 Å². The van der Waals surface area contributed by atoms with Crippen molar-refractivity contribution in [3.8, 4) is 11.3 Å². The number of hydrogen-bond donors (Lipinski definition) is 1. The summed E-state index contributed by atoms with van der Waals surface area (Å²) in [6, 6.07) is 6.15. The molecule has 0 fully saturated rings. The Kier molecular flexibility index (Phi) is 2.89. The van der Waals surface area contributed by atoms with Gasteiger partial charge in [-0.05, 0) is 47.1 Å². The van der Waals surface area contributed by atoms with Crippen molar-refractivity contribution in [3.05, 3.63) is 40.2 Å². The van der Waals surface area contributed by atoms with Crippen LogP contribution in [-0.4, -0.2) is 22.2 Å². The summed E-state index contributed by atoms with van der Waals surface area (Å²) in [6.07, 6.45) is 0. The molecule has 1 unspecified atom stereocenters. The number of aromatic nitrogens is 2. The minimum atomic E-state index is -0.296. The first-order valence-electron chi connectivity index (χ1n) is 5.90. The Balaban J connectivity index is 2.16. The van der Waals surface area contributed by atoms with Crippen LogP contribution in [0.25, 0.3) is 11.3 Å². The van der Waals surface area contributed by atoms with Gasteiger partial charge in [0.1, 0.15) is 17.2 Å². The number of benzene rings is 1. The lowest BCUT2D eigenvalue weighted by Gasteiger charge is -2.21. The molecule has 0 bridgehead atoms. The van der Waals surface area contributed by atoms with Gasteiger partial charge in [0.05, 0.1) is 10.5 Å². The van der Waals surface area contributed by atoms with Gasteiger partial charge < -0.3 is 5.32 Å². The molecule has 6 heteroatoms. The quantitative estimate of drug-likeness (QED) is 0.877. The summed E-state index contributed by atoms with van der Waals surface area (Å²) in [5.41, 5.74) is 1.94. The molecule has 0 saturated carbocycles. The molecule has 0 radical (unpaired) electrons. The smallest absolute Gasteiger partial charge is 0.270 e. The number of amides is 1. The fraction of sp³-hybridized carbons (Fsp3) is 0.231. The number of fused-ring (bicyclic) bond motifs is 1. The number of carbonyl (C=O) groups is 1. The summed E-state index contributed by atoms with van der Waals surface area (Å²) in [6.45, 7) is 2.54. The van der Waals surface area contributed by atoms with E-state index in [0.29, 0.717) is 22.4 Å². The third-order valence-electron chi connectivity index (χ3n) is 3.16. The Morgan fingerprint density at radius 2 is 2.11 bits per heavy atom. The van der Waals surface area contributed by atoms with Gasteiger partial charge in [-0.1, -0.05) is 0 Å². The van der Waals surface area contributed by atoms with Crippen molar-refractivity contribution >= 4 is 21.8 Å². The Morgan fingerprint density at radius 3 is 2.74 bits per heavy atom. The lowest BCUT2D eigenvalue weighted by atomic mass is 10.1. The van der Waals surface area contributed by atoms with Crippen LogP contribution in [0, 0.1) is 5.82 Å². The van der Waals surface area contributed by atoms with E-state index in [1.165, 1.54) is 12.1 Å². The zero-order valence-corrected chi connectivity index (χ0v) is 11.7. The summed E-state index contributed by atoms with van der Waals surface area (Å²) in [5.74, 6) is -0.444. The van der Waals surface area contributed by atoms with Crippen LogP contribution in [0.15, 0.2) is 28.7 Å². The first-order valence-corrected chi connectivity index (χ1v) is 6.69. The van der Waals surface area contributed by atoms with Crippen LogP contribution in [-0.2, 0) is 0 Å². The number of halogens is 2. The van der Waals surface area contributed by atoms with Crippen LogP contribution in [0.5, 0.6) is 0 Å². The topological polar surface area (TPSA) is 46.9 Å². The molecule has 1 N–H and O–H groups in total. The third kappa shape index (κ3) is 1.96. The van der Waals surface area contributed by atoms with Crippen molar-refractivity contribution in [2.24, 2.45) is 0 Å². The fourth-order valence-corrected chi connectivity index (χ4v) is 2.81. The number of carbonyl (C=O) groups excluding carboxylic acids is 1. The van der Waals surface area contributed by atoms with E-state index in [0.717, 1.165) is 5.56 Å². The van der Waals surface area contributed by atoms with Gasteiger partial charge in [0.15, 0.2) is 0 Å². The largest absolute Gasteiger partial charge is 0.349 e. The molecule has 19 heavy (non-hydrogen) atoms. The maximum absolute atomic E-state index is 13.0. The highest BCUT2D eigenvalue weighted by atomic mass is 79.9. The number of nitrogens with zero attached hydrogens (tertiary/aromatic N) is 2. The van der Waals surface area contributed by atoms with Gasteiger partial charge in [-0.3, -0.25) is 9.48 Å². The molecule has 1 aliphatic heterocycles. The molecule has 2 heterocycles. The summed E-state index contributed by atoms with van der Waals surface area (Å²) in [4.78, 5) is 11.9. The van der Waals surface area contributed by atoms with Crippen LogP contribution >= 0.6 is 15.9 Å². The molecule has 1 aliphatic rings. The molecule has 98 valence electrons. The van der Waals surface area contributed by atoms with Crippen molar-refractivity contribution in [2.45, 2.75) is 13.0 Å². The fourth-order valence-electron chi connectivity index (χ4n) is 2.14. The second-order valence-corrected chi connectivity index (χ2v) is 5.31. The van der Waals surface area contributed by atoms with Crippen molar-refractivity contribution in [1.82, 2.24) is 15.1 Å². The van der Waals surface area contributed by atoms with Crippen molar-refractivity contribution < 1.29 is 9.18 Å². The Bertz CT molecular complexity index is 651. The number of nitrogens with one attached hydrogen (secondary N) is 1.